The molecule has 4 aromatic rings. The standard InChI is InChI=1S/C24H22ClN3O3/c25-19-10-4-7-13-22(19)30-15-14-28-21-12-6-5-11-20(21)27-23(28)16-26-24(29)17-31-18-8-2-1-3-9-18/h1-13H,14-17H2,(H,26,29). The average Bonchev–Trinajstić information content (AvgIpc) is 3.16. The largest absolute Gasteiger partial charge is 0.490 e. The van der Waals surface area contributed by atoms with E-state index in [4.69, 9.17) is 21.1 Å². The van der Waals surface area contributed by atoms with E-state index in [1.165, 1.54) is 0 Å². The predicted molar refractivity (Wildman–Crippen MR) is 120 cm³/mol. The summed E-state index contributed by atoms with van der Waals surface area (Å²) in [6.07, 6.45) is 0. The third kappa shape index (κ3) is 5.35. The van der Waals surface area contributed by atoms with Gasteiger partial charge in [0, 0.05) is 0 Å². The second-order valence-corrected chi connectivity index (χ2v) is 7.23. The zero-order valence-corrected chi connectivity index (χ0v) is 17.6. The molecule has 0 unspecified atom stereocenters. The summed E-state index contributed by atoms with van der Waals surface area (Å²) in [6, 6.07) is 24.5. The van der Waals surface area contributed by atoms with E-state index in [9.17, 15) is 4.79 Å². The first-order valence-corrected chi connectivity index (χ1v) is 10.3. The van der Waals surface area contributed by atoms with Gasteiger partial charge in [-0.05, 0) is 36.4 Å². The molecule has 0 aliphatic carbocycles. The molecule has 1 aromatic heterocycles. The van der Waals surface area contributed by atoms with Crippen LogP contribution in [0.25, 0.3) is 11.0 Å². The van der Waals surface area contributed by atoms with Crippen molar-refractivity contribution in [1.82, 2.24) is 14.9 Å². The van der Waals surface area contributed by atoms with E-state index in [0.29, 0.717) is 29.7 Å². The van der Waals surface area contributed by atoms with E-state index < -0.39 is 0 Å². The van der Waals surface area contributed by atoms with Crippen molar-refractivity contribution in [2.75, 3.05) is 13.2 Å². The maximum absolute atomic E-state index is 12.2. The molecule has 31 heavy (non-hydrogen) atoms. The van der Waals surface area contributed by atoms with Gasteiger partial charge < -0.3 is 19.4 Å². The second kappa shape index (κ2) is 10.00. The molecule has 6 nitrogen and oxygen atoms in total. The van der Waals surface area contributed by atoms with Crippen molar-refractivity contribution in [1.29, 1.82) is 0 Å². The summed E-state index contributed by atoms with van der Waals surface area (Å²) >= 11 is 6.17. The van der Waals surface area contributed by atoms with Gasteiger partial charge in [0.1, 0.15) is 23.9 Å². The Kier molecular flexibility index (Phi) is 6.69. The number of nitrogens with one attached hydrogen (secondary N) is 1. The van der Waals surface area contributed by atoms with Crippen molar-refractivity contribution in [2.24, 2.45) is 0 Å². The number of ether oxygens (including phenoxy) is 2. The minimum atomic E-state index is -0.213. The molecule has 0 saturated heterocycles. The van der Waals surface area contributed by atoms with Gasteiger partial charge >= 0.3 is 0 Å². The molecule has 1 amide bonds. The lowest BCUT2D eigenvalue weighted by atomic mass is 10.3. The van der Waals surface area contributed by atoms with Crippen LogP contribution in [0.1, 0.15) is 5.82 Å². The monoisotopic (exact) mass is 435 g/mol. The number of carbonyl (C=O) groups is 1. The summed E-state index contributed by atoms with van der Waals surface area (Å²) in [5.41, 5.74) is 1.85. The van der Waals surface area contributed by atoms with Crippen molar-refractivity contribution < 1.29 is 14.3 Å². The van der Waals surface area contributed by atoms with Gasteiger partial charge in [-0.15, -0.1) is 0 Å². The minimum absolute atomic E-state index is 0.0557. The van der Waals surface area contributed by atoms with Gasteiger partial charge in [0.2, 0.25) is 0 Å². The Balaban J connectivity index is 1.40. The SMILES string of the molecule is O=C(COc1ccccc1)NCc1nc2ccccc2n1CCOc1ccccc1Cl. The lowest BCUT2D eigenvalue weighted by molar-refractivity contribution is -0.123. The van der Waals surface area contributed by atoms with Gasteiger partial charge in [-0.1, -0.05) is 54.1 Å². The fraction of sp³-hybridized carbons (Fsp3) is 0.167. The first-order valence-electron chi connectivity index (χ1n) is 9.97. The zero-order valence-electron chi connectivity index (χ0n) is 16.8. The third-order valence-corrected chi connectivity index (χ3v) is 5.01. The first kappa shape index (κ1) is 20.8. The van der Waals surface area contributed by atoms with Crippen LogP contribution in [-0.4, -0.2) is 28.7 Å². The predicted octanol–water partition coefficient (Wildman–Crippen LogP) is 4.46. The molecule has 0 aliphatic heterocycles. The Bertz CT molecular complexity index is 1160. The summed E-state index contributed by atoms with van der Waals surface area (Å²) in [5.74, 6) is 1.83. The summed E-state index contributed by atoms with van der Waals surface area (Å²) in [6.45, 7) is 1.22. The van der Waals surface area contributed by atoms with Crippen LogP contribution in [0.2, 0.25) is 5.02 Å². The molecule has 158 valence electrons. The maximum Gasteiger partial charge on any atom is 0.258 e. The van der Waals surface area contributed by atoms with E-state index in [0.717, 1.165) is 16.9 Å². The number of nitrogens with zero attached hydrogens (tertiary/aromatic N) is 2. The van der Waals surface area contributed by atoms with Crippen LogP contribution in [0.3, 0.4) is 0 Å². The summed E-state index contributed by atoms with van der Waals surface area (Å²) < 4.78 is 13.4. The molecule has 1 N–H and O–H groups in total. The Hall–Kier alpha value is -3.51. The molecular formula is C24H22ClN3O3. The molecule has 0 fully saturated rings. The number of aromatic nitrogens is 2. The Morgan fingerprint density at radius 1 is 0.935 bits per heavy atom. The number of benzene rings is 3. The Morgan fingerprint density at radius 3 is 2.52 bits per heavy atom. The van der Waals surface area contributed by atoms with Crippen LogP contribution in [0.15, 0.2) is 78.9 Å². The molecule has 0 bridgehead atoms. The highest BCUT2D eigenvalue weighted by Crippen LogP contribution is 2.23. The van der Waals surface area contributed by atoms with Crippen LogP contribution >= 0.6 is 11.6 Å². The summed E-state index contributed by atoms with van der Waals surface area (Å²) in [7, 11) is 0. The van der Waals surface area contributed by atoms with E-state index in [1.807, 2.05) is 77.4 Å². The van der Waals surface area contributed by atoms with Crippen molar-refractivity contribution in [3.8, 4) is 11.5 Å². The quantitative estimate of drug-likeness (QED) is 0.421. The molecule has 1 heterocycles. The van der Waals surface area contributed by atoms with Crippen LogP contribution in [-0.2, 0) is 17.9 Å². The zero-order chi connectivity index (χ0) is 21.5. The average molecular weight is 436 g/mol. The fourth-order valence-electron chi connectivity index (χ4n) is 3.21. The molecule has 0 spiro atoms. The van der Waals surface area contributed by atoms with Gasteiger partial charge in [-0.2, -0.15) is 0 Å². The van der Waals surface area contributed by atoms with Crippen LogP contribution in [0, 0.1) is 0 Å². The Morgan fingerprint density at radius 2 is 1.68 bits per heavy atom. The highest BCUT2D eigenvalue weighted by Gasteiger charge is 2.12. The van der Waals surface area contributed by atoms with Gasteiger partial charge in [0.15, 0.2) is 6.61 Å². The molecule has 0 saturated carbocycles. The number of hydrogen-bond acceptors (Lipinski definition) is 4. The summed E-state index contributed by atoms with van der Waals surface area (Å²) in [4.78, 5) is 16.9. The van der Waals surface area contributed by atoms with E-state index >= 15 is 0 Å². The van der Waals surface area contributed by atoms with E-state index in [-0.39, 0.29) is 19.1 Å². The van der Waals surface area contributed by atoms with Gasteiger partial charge in [-0.25, -0.2) is 4.98 Å². The van der Waals surface area contributed by atoms with Crippen LogP contribution in [0.5, 0.6) is 11.5 Å². The smallest absolute Gasteiger partial charge is 0.258 e. The highest BCUT2D eigenvalue weighted by molar-refractivity contribution is 6.32. The minimum Gasteiger partial charge on any atom is -0.490 e. The van der Waals surface area contributed by atoms with E-state index in [2.05, 4.69) is 10.3 Å². The Labute approximate surface area is 185 Å². The lowest BCUT2D eigenvalue weighted by Gasteiger charge is -2.12. The van der Waals surface area contributed by atoms with Crippen molar-refractivity contribution in [2.45, 2.75) is 13.1 Å². The second-order valence-electron chi connectivity index (χ2n) is 6.83. The highest BCUT2D eigenvalue weighted by atomic mass is 35.5. The van der Waals surface area contributed by atoms with Crippen LogP contribution < -0.4 is 14.8 Å². The number of para-hydroxylation sites is 4. The normalized spacial score (nSPS) is 10.7. The number of amides is 1. The molecule has 7 heteroatoms. The fourth-order valence-corrected chi connectivity index (χ4v) is 3.40. The molecule has 0 radical (unpaired) electrons. The van der Waals surface area contributed by atoms with E-state index in [1.54, 1.807) is 6.07 Å². The number of halogens is 1. The van der Waals surface area contributed by atoms with Gasteiger partial charge in [0.05, 0.1) is 29.1 Å². The number of rotatable bonds is 9. The number of fused-ring (bicyclic) bond motifs is 1. The molecule has 0 atom stereocenters. The number of carbonyl (C=O) groups excluding carboxylic acids is 1. The summed E-state index contributed by atoms with van der Waals surface area (Å²) in [5, 5.41) is 3.45. The van der Waals surface area contributed by atoms with Crippen molar-refractivity contribution in [3.05, 3.63) is 89.7 Å². The van der Waals surface area contributed by atoms with Crippen LogP contribution in [0.4, 0.5) is 0 Å². The third-order valence-electron chi connectivity index (χ3n) is 4.70. The molecular weight excluding hydrogens is 414 g/mol. The van der Waals surface area contributed by atoms with Gasteiger partial charge in [-0.3, -0.25) is 4.79 Å². The van der Waals surface area contributed by atoms with Gasteiger partial charge in [0.25, 0.3) is 5.91 Å². The van der Waals surface area contributed by atoms with Crippen molar-refractivity contribution in [3.63, 3.8) is 0 Å². The first-order chi connectivity index (χ1) is 15.2. The molecule has 0 aliphatic rings. The molecule has 4 rings (SSSR count). The maximum atomic E-state index is 12.2. The lowest BCUT2D eigenvalue weighted by Crippen LogP contribution is -2.29. The number of imidazole rings is 1. The topological polar surface area (TPSA) is 65.4 Å². The van der Waals surface area contributed by atoms with Crippen molar-refractivity contribution >= 4 is 28.5 Å². The molecule has 3 aromatic carbocycles. The number of hydrogen-bond donors (Lipinski definition) is 1.